The summed E-state index contributed by atoms with van der Waals surface area (Å²) in [6.45, 7) is 3.92. The number of rotatable bonds is 4. The molecule has 4 heteroatoms. The fourth-order valence-corrected chi connectivity index (χ4v) is 3.21. The standard InChI is InChI=1S/C11H16BrNOS/c12-10-3-5-15-11(10)8-14-7-9-2-1-4-13-6-9/h3,5,9,13H,1-2,4,6-8H2. The highest BCUT2D eigenvalue weighted by atomic mass is 79.9. The van der Waals surface area contributed by atoms with Crippen molar-refractivity contribution in [1.29, 1.82) is 0 Å². The highest BCUT2D eigenvalue weighted by molar-refractivity contribution is 9.10. The van der Waals surface area contributed by atoms with E-state index in [1.54, 1.807) is 11.3 Å². The van der Waals surface area contributed by atoms with Gasteiger partial charge in [-0.1, -0.05) is 0 Å². The van der Waals surface area contributed by atoms with Crippen LogP contribution in [0.5, 0.6) is 0 Å². The minimum absolute atomic E-state index is 0.706. The fraction of sp³-hybridized carbons (Fsp3) is 0.636. The van der Waals surface area contributed by atoms with Gasteiger partial charge in [-0.25, -0.2) is 0 Å². The Hall–Kier alpha value is 0.1000. The van der Waals surface area contributed by atoms with E-state index in [2.05, 4.69) is 32.7 Å². The van der Waals surface area contributed by atoms with E-state index in [1.807, 2.05) is 0 Å². The minimum Gasteiger partial charge on any atom is -0.376 e. The first-order valence-corrected chi connectivity index (χ1v) is 7.04. The number of nitrogens with one attached hydrogen (secondary N) is 1. The summed E-state index contributed by atoms with van der Waals surface area (Å²) >= 11 is 5.26. The van der Waals surface area contributed by atoms with Gasteiger partial charge in [-0.2, -0.15) is 0 Å². The number of ether oxygens (including phenoxy) is 1. The lowest BCUT2D eigenvalue weighted by Gasteiger charge is -2.22. The second-order valence-electron chi connectivity index (χ2n) is 3.92. The summed E-state index contributed by atoms with van der Waals surface area (Å²) in [6.07, 6.45) is 2.59. The van der Waals surface area contributed by atoms with Crippen molar-refractivity contribution in [3.8, 4) is 0 Å². The van der Waals surface area contributed by atoms with Gasteiger partial charge in [0.05, 0.1) is 13.2 Å². The van der Waals surface area contributed by atoms with Crippen LogP contribution in [0, 0.1) is 5.92 Å². The average Bonchev–Trinajstić information content (AvgIpc) is 2.66. The third-order valence-corrected chi connectivity index (χ3v) is 4.58. The molecule has 0 saturated carbocycles. The highest BCUT2D eigenvalue weighted by Crippen LogP contribution is 2.23. The van der Waals surface area contributed by atoms with Crippen molar-refractivity contribution < 1.29 is 4.74 Å². The van der Waals surface area contributed by atoms with E-state index in [0.29, 0.717) is 5.92 Å². The molecule has 2 heterocycles. The van der Waals surface area contributed by atoms with Crippen LogP contribution in [0.25, 0.3) is 0 Å². The van der Waals surface area contributed by atoms with E-state index in [0.717, 1.165) is 19.8 Å². The Labute approximate surface area is 103 Å². The zero-order chi connectivity index (χ0) is 10.5. The average molecular weight is 290 g/mol. The second kappa shape index (κ2) is 5.99. The molecule has 1 aromatic rings. The minimum atomic E-state index is 0.706. The zero-order valence-electron chi connectivity index (χ0n) is 8.67. The highest BCUT2D eigenvalue weighted by Gasteiger charge is 2.13. The van der Waals surface area contributed by atoms with Gasteiger partial charge in [0, 0.05) is 15.9 Å². The van der Waals surface area contributed by atoms with E-state index in [4.69, 9.17) is 4.74 Å². The third kappa shape index (κ3) is 3.55. The third-order valence-electron chi connectivity index (χ3n) is 2.68. The summed E-state index contributed by atoms with van der Waals surface area (Å²) < 4.78 is 6.91. The maximum absolute atomic E-state index is 5.74. The molecule has 1 aliphatic heterocycles. The molecule has 0 spiro atoms. The van der Waals surface area contributed by atoms with Crippen molar-refractivity contribution in [3.05, 3.63) is 20.8 Å². The Morgan fingerprint density at radius 3 is 3.20 bits per heavy atom. The zero-order valence-corrected chi connectivity index (χ0v) is 11.1. The van der Waals surface area contributed by atoms with Crippen molar-refractivity contribution >= 4 is 27.3 Å². The first-order valence-electron chi connectivity index (χ1n) is 5.36. The Balaban J connectivity index is 1.68. The number of piperidine rings is 1. The van der Waals surface area contributed by atoms with E-state index in [9.17, 15) is 0 Å². The lowest BCUT2D eigenvalue weighted by Crippen LogP contribution is -2.32. The smallest absolute Gasteiger partial charge is 0.0820 e. The van der Waals surface area contributed by atoms with Gasteiger partial charge in [-0.15, -0.1) is 11.3 Å². The maximum atomic E-state index is 5.74. The molecule has 1 atom stereocenters. The van der Waals surface area contributed by atoms with Gasteiger partial charge < -0.3 is 10.1 Å². The fourth-order valence-electron chi connectivity index (χ4n) is 1.81. The van der Waals surface area contributed by atoms with Crippen LogP contribution in [0.3, 0.4) is 0 Å². The van der Waals surface area contributed by atoms with Crippen LogP contribution in [0.2, 0.25) is 0 Å². The lowest BCUT2D eigenvalue weighted by atomic mass is 10.0. The molecule has 1 saturated heterocycles. The molecule has 0 bridgehead atoms. The number of hydrogen-bond donors (Lipinski definition) is 1. The molecule has 1 fully saturated rings. The van der Waals surface area contributed by atoms with Crippen LogP contribution in [0.4, 0.5) is 0 Å². The quantitative estimate of drug-likeness (QED) is 0.920. The summed E-state index contributed by atoms with van der Waals surface area (Å²) in [7, 11) is 0. The topological polar surface area (TPSA) is 21.3 Å². The molecule has 1 aromatic heterocycles. The molecule has 2 nitrogen and oxygen atoms in total. The van der Waals surface area contributed by atoms with Gasteiger partial charge >= 0.3 is 0 Å². The Morgan fingerprint density at radius 1 is 1.60 bits per heavy atom. The predicted octanol–water partition coefficient (Wildman–Crippen LogP) is 3.03. The maximum Gasteiger partial charge on any atom is 0.0820 e. The van der Waals surface area contributed by atoms with Gasteiger partial charge in [-0.05, 0) is 52.7 Å². The molecule has 0 radical (unpaired) electrons. The van der Waals surface area contributed by atoms with Crippen LogP contribution < -0.4 is 5.32 Å². The van der Waals surface area contributed by atoms with Crippen molar-refractivity contribution in [1.82, 2.24) is 5.32 Å². The van der Waals surface area contributed by atoms with Crippen LogP contribution in [0.1, 0.15) is 17.7 Å². The van der Waals surface area contributed by atoms with Gasteiger partial charge in [0.2, 0.25) is 0 Å². The SMILES string of the molecule is Brc1ccsc1COCC1CCCNC1. The Morgan fingerprint density at radius 2 is 2.53 bits per heavy atom. The predicted molar refractivity (Wildman–Crippen MR) is 67.3 cm³/mol. The Kier molecular flexibility index (Phi) is 4.62. The summed E-state index contributed by atoms with van der Waals surface area (Å²) in [6, 6.07) is 2.07. The monoisotopic (exact) mass is 289 g/mol. The first kappa shape index (κ1) is 11.6. The second-order valence-corrected chi connectivity index (χ2v) is 5.77. The molecule has 2 rings (SSSR count). The molecule has 84 valence electrons. The summed E-state index contributed by atoms with van der Waals surface area (Å²) in [5.41, 5.74) is 0. The molecule has 1 N–H and O–H groups in total. The summed E-state index contributed by atoms with van der Waals surface area (Å²) in [5, 5.41) is 5.49. The van der Waals surface area contributed by atoms with E-state index in [-0.39, 0.29) is 0 Å². The summed E-state index contributed by atoms with van der Waals surface area (Å²) in [4.78, 5) is 1.29. The number of halogens is 1. The number of hydrogen-bond acceptors (Lipinski definition) is 3. The molecular weight excluding hydrogens is 274 g/mol. The lowest BCUT2D eigenvalue weighted by molar-refractivity contribution is 0.0796. The van der Waals surface area contributed by atoms with Gasteiger partial charge in [0.25, 0.3) is 0 Å². The molecular formula is C11H16BrNOS. The van der Waals surface area contributed by atoms with E-state index in [1.165, 1.54) is 28.7 Å². The van der Waals surface area contributed by atoms with Crippen LogP contribution in [-0.2, 0) is 11.3 Å². The van der Waals surface area contributed by atoms with Gasteiger partial charge in [0.15, 0.2) is 0 Å². The largest absolute Gasteiger partial charge is 0.376 e. The van der Waals surface area contributed by atoms with E-state index < -0.39 is 0 Å². The summed E-state index contributed by atoms with van der Waals surface area (Å²) in [5.74, 6) is 0.706. The molecule has 1 aliphatic rings. The van der Waals surface area contributed by atoms with Crippen molar-refractivity contribution in [2.75, 3.05) is 19.7 Å². The normalized spacial score (nSPS) is 21.8. The van der Waals surface area contributed by atoms with Crippen molar-refractivity contribution in [2.45, 2.75) is 19.4 Å². The van der Waals surface area contributed by atoms with Crippen LogP contribution in [-0.4, -0.2) is 19.7 Å². The van der Waals surface area contributed by atoms with Crippen molar-refractivity contribution in [3.63, 3.8) is 0 Å². The molecule has 1 unspecified atom stereocenters. The molecule has 0 amide bonds. The molecule has 0 aromatic carbocycles. The van der Waals surface area contributed by atoms with Gasteiger partial charge in [-0.3, -0.25) is 0 Å². The number of thiophene rings is 1. The Bertz CT molecular complexity index is 297. The van der Waals surface area contributed by atoms with Crippen molar-refractivity contribution in [2.24, 2.45) is 5.92 Å². The molecule has 0 aliphatic carbocycles. The van der Waals surface area contributed by atoms with Crippen LogP contribution in [0.15, 0.2) is 15.9 Å². The van der Waals surface area contributed by atoms with Gasteiger partial charge in [0.1, 0.15) is 0 Å². The molecule has 15 heavy (non-hydrogen) atoms. The van der Waals surface area contributed by atoms with Crippen LogP contribution >= 0.6 is 27.3 Å². The first-order chi connectivity index (χ1) is 7.36. The van der Waals surface area contributed by atoms with E-state index >= 15 is 0 Å².